The van der Waals surface area contributed by atoms with E-state index in [2.05, 4.69) is 26.2 Å². The van der Waals surface area contributed by atoms with E-state index in [1.54, 1.807) is 77.8 Å². The number of halogens is 2. The molecule has 174 valence electrons. The summed E-state index contributed by atoms with van der Waals surface area (Å²) in [6, 6.07) is 22.3. The van der Waals surface area contributed by atoms with Gasteiger partial charge in [-0.05, 0) is 76.1 Å². The van der Waals surface area contributed by atoms with E-state index in [-0.39, 0.29) is 12.5 Å². The fourth-order valence-electron chi connectivity index (χ4n) is 3.82. The highest BCUT2D eigenvalue weighted by Crippen LogP contribution is 2.36. The fourth-order valence-corrected chi connectivity index (χ4v) is 5.61. The third kappa shape index (κ3) is 4.77. The lowest BCUT2D eigenvalue weighted by atomic mass is 10.1. The predicted octanol–water partition coefficient (Wildman–Crippen LogP) is 6.08. The molecule has 1 aromatic heterocycles. The molecule has 3 aromatic carbocycles. The van der Waals surface area contributed by atoms with Gasteiger partial charge in [-0.3, -0.25) is 9.59 Å². The number of benzene rings is 3. The second kappa shape index (κ2) is 9.73. The molecule has 1 aliphatic heterocycles. The van der Waals surface area contributed by atoms with Crippen LogP contribution in [0.15, 0.2) is 99.3 Å². The van der Waals surface area contributed by atoms with E-state index in [9.17, 15) is 13.8 Å². The van der Waals surface area contributed by atoms with Crippen LogP contribution in [0.25, 0.3) is 0 Å². The molecule has 0 saturated carbocycles. The van der Waals surface area contributed by atoms with Crippen LogP contribution in [0.4, 0.5) is 11.5 Å². The van der Waals surface area contributed by atoms with Crippen molar-refractivity contribution in [3.05, 3.63) is 111 Å². The van der Waals surface area contributed by atoms with Crippen molar-refractivity contribution in [3.63, 3.8) is 0 Å². The number of amides is 2. The standard InChI is InChI=1S/C26H17BrClN3O3S/c27-18-9-11-24(29-14-18)30-25(32)17-8-10-23-21(13-17)31(15-16-4-3-5-19(28)12-16)26(33)20-6-1-2-7-22(20)35(23)34/h1-14H,15H2,(H,29,30,32). The highest BCUT2D eigenvalue weighted by atomic mass is 79.9. The number of carbonyl (C=O) groups is 2. The Morgan fingerprint density at radius 3 is 2.60 bits per heavy atom. The number of hydrogen-bond acceptors (Lipinski definition) is 4. The van der Waals surface area contributed by atoms with Crippen molar-refractivity contribution in [2.75, 3.05) is 10.2 Å². The van der Waals surface area contributed by atoms with Crippen LogP contribution in [-0.4, -0.2) is 21.0 Å². The SMILES string of the molecule is O=C(Nc1ccc(Br)cn1)c1ccc2c(c1)N(Cc1cccc(Cl)c1)C(=O)c1ccccc1S2=O. The zero-order valence-electron chi connectivity index (χ0n) is 18.1. The highest BCUT2D eigenvalue weighted by molar-refractivity contribution is 9.10. The van der Waals surface area contributed by atoms with Crippen molar-refractivity contribution < 1.29 is 13.8 Å². The van der Waals surface area contributed by atoms with Crippen molar-refractivity contribution >= 4 is 61.7 Å². The molecule has 0 bridgehead atoms. The van der Waals surface area contributed by atoms with Gasteiger partial charge < -0.3 is 10.2 Å². The van der Waals surface area contributed by atoms with Crippen LogP contribution >= 0.6 is 27.5 Å². The summed E-state index contributed by atoms with van der Waals surface area (Å²) >= 11 is 9.49. The number of fused-ring (bicyclic) bond motifs is 2. The van der Waals surface area contributed by atoms with Crippen LogP contribution in [0.1, 0.15) is 26.3 Å². The average molecular weight is 567 g/mol. The number of nitrogens with zero attached hydrogens (tertiary/aromatic N) is 2. The lowest BCUT2D eigenvalue weighted by molar-refractivity contribution is 0.0979. The molecule has 2 amide bonds. The molecule has 35 heavy (non-hydrogen) atoms. The first kappa shape index (κ1) is 23.4. The van der Waals surface area contributed by atoms with Crippen LogP contribution in [0.5, 0.6) is 0 Å². The summed E-state index contributed by atoms with van der Waals surface area (Å²) in [7, 11) is -1.61. The summed E-state index contributed by atoms with van der Waals surface area (Å²) < 4.78 is 14.3. The molecule has 1 N–H and O–H groups in total. The van der Waals surface area contributed by atoms with E-state index in [1.807, 2.05) is 12.1 Å². The van der Waals surface area contributed by atoms with Gasteiger partial charge in [0.15, 0.2) is 0 Å². The Bertz CT molecular complexity index is 1490. The number of rotatable bonds is 4. The Hall–Kier alpha value is -3.33. The maximum atomic E-state index is 13.7. The molecule has 2 heterocycles. The van der Waals surface area contributed by atoms with Gasteiger partial charge in [-0.1, -0.05) is 35.9 Å². The number of pyridine rings is 1. The van der Waals surface area contributed by atoms with Crippen LogP contribution in [0.3, 0.4) is 0 Å². The molecular formula is C26H17BrClN3O3S. The van der Waals surface area contributed by atoms with Crippen LogP contribution in [-0.2, 0) is 17.3 Å². The Kier molecular flexibility index (Phi) is 6.51. The maximum Gasteiger partial charge on any atom is 0.259 e. The van der Waals surface area contributed by atoms with E-state index >= 15 is 0 Å². The van der Waals surface area contributed by atoms with Gasteiger partial charge in [-0.15, -0.1) is 0 Å². The Labute approximate surface area is 217 Å². The van der Waals surface area contributed by atoms with Crippen LogP contribution in [0, 0.1) is 0 Å². The molecule has 0 aliphatic carbocycles. The van der Waals surface area contributed by atoms with Crippen molar-refractivity contribution in [1.82, 2.24) is 4.98 Å². The van der Waals surface area contributed by atoms with Gasteiger partial charge >= 0.3 is 0 Å². The van der Waals surface area contributed by atoms with Gasteiger partial charge in [-0.25, -0.2) is 9.19 Å². The van der Waals surface area contributed by atoms with Gasteiger partial charge in [0.1, 0.15) is 5.82 Å². The largest absolute Gasteiger partial charge is 0.307 e. The monoisotopic (exact) mass is 565 g/mol. The smallest absolute Gasteiger partial charge is 0.259 e. The molecule has 0 radical (unpaired) electrons. The fraction of sp³-hybridized carbons (Fsp3) is 0.0385. The normalized spacial score (nSPS) is 14.6. The minimum Gasteiger partial charge on any atom is -0.307 e. The van der Waals surface area contributed by atoms with Crippen molar-refractivity contribution in [1.29, 1.82) is 0 Å². The van der Waals surface area contributed by atoms with Gasteiger partial charge in [0.2, 0.25) is 0 Å². The minimum absolute atomic E-state index is 0.192. The maximum absolute atomic E-state index is 13.7. The number of hydrogen-bond donors (Lipinski definition) is 1. The first-order valence-corrected chi connectivity index (χ1v) is 12.9. The summed E-state index contributed by atoms with van der Waals surface area (Å²) in [6.07, 6.45) is 1.58. The highest BCUT2D eigenvalue weighted by Gasteiger charge is 2.31. The number of aromatic nitrogens is 1. The molecule has 1 unspecified atom stereocenters. The number of carbonyl (C=O) groups excluding carboxylic acids is 2. The quantitative estimate of drug-likeness (QED) is 0.325. The van der Waals surface area contributed by atoms with E-state index in [0.29, 0.717) is 37.4 Å². The first-order chi connectivity index (χ1) is 16.9. The second-order valence-corrected chi connectivity index (χ2v) is 10.6. The molecule has 9 heteroatoms. The Balaban J connectivity index is 1.59. The zero-order valence-corrected chi connectivity index (χ0v) is 21.2. The Morgan fingerprint density at radius 2 is 1.83 bits per heavy atom. The topological polar surface area (TPSA) is 79.4 Å². The van der Waals surface area contributed by atoms with Gasteiger partial charge in [-0.2, -0.15) is 0 Å². The van der Waals surface area contributed by atoms with E-state index < -0.39 is 16.7 Å². The predicted molar refractivity (Wildman–Crippen MR) is 139 cm³/mol. The second-order valence-electron chi connectivity index (χ2n) is 7.78. The third-order valence-corrected chi connectivity index (χ3v) is 7.68. The average Bonchev–Trinajstić information content (AvgIpc) is 2.95. The van der Waals surface area contributed by atoms with Crippen LogP contribution in [0.2, 0.25) is 5.02 Å². The number of anilines is 2. The minimum atomic E-state index is -1.61. The van der Waals surface area contributed by atoms with Crippen molar-refractivity contribution in [2.24, 2.45) is 0 Å². The number of nitrogens with one attached hydrogen (secondary N) is 1. The van der Waals surface area contributed by atoms with Gasteiger partial charge in [0.05, 0.1) is 38.4 Å². The summed E-state index contributed by atoms with van der Waals surface area (Å²) in [5, 5.41) is 3.30. The Morgan fingerprint density at radius 1 is 1.00 bits per heavy atom. The van der Waals surface area contributed by atoms with Crippen LogP contribution < -0.4 is 10.2 Å². The molecule has 0 fully saturated rings. The molecule has 1 aliphatic rings. The zero-order chi connectivity index (χ0) is 24.5. The third-order valence-electron chi connectivity index (χ3n) is 5.47. The molecular weight excluding hydrogens is 550 g/mol. The van der Waals surface area contributed by atoms with Crippen molar-refractivity contribution in [2.45, 2.75) is 16.3 Å². The van der Waals surface area contributed by atoms with Gasteiger partial charge in [0, 0.05) is 21.3 Å². The van der Waals surface area contributed by atoms with Crippen molar-refractivity contribution in [3.8, 4) is 0 Å². The molecule has 1 atom stereocenters. The van der Waals surface area contributed by atoms with Gasteiger partial charge in [0.25, 0.3) is 11.8 Å². The summed E-state index contributed by atoms with van der Waals surface area (Å²) in [5.74, 6) is -0.318. The van der Waals surface area contributed by atoms with E-state index in [1.165, 1.54) is 0 Å². The lowest BCUT2D eigenvalue weighted by Gasteiger charge is -2.23. The van der Waals surface area contributed by atoms with E-state index in [0.717, 1.165) is 10.0 Å². The first-order valence-electron chi connectivity index (χ1n) is 10.5. The van der Waals surface area contributed by atoms with E-state index in [4.69, 9.17) is 11.6 Å². The molecule has 0 spiro atoms. The summed E-state index contributed by atoms with van der Waals surface area (Å²) in [5.41, 5.74) is 1.87. The summed E-state index contributed by atoms with van der Waals surface area (Å²) in [6.45, 7) is 0.192. The molecule has 5 rings (SSSR count). The molecule has 0 saturated heterocycles. The molecule has 4 aromatic rings. The lowest BCUT2D eigenvalue weighted by Crippen LogP contribution is -2.30. The summed E-state index contributed by atoms with van der Waals surface area (Å²) in [4.78, 5) is 33.3. The molecule has 6 nitrogen and oxygen atoms in total.